The number of aromatic amines is 1. The molecule has 152 valence electrons. The molecule has 4 rings (SSSR count). The summed E-state index contributed by atoms with van der Waals surface area (Å²) in [4.78, 5) is 46.9. The molecule has 0 amide bonds. The van der Waals surface area contributed by atoms with Crippen molar-refractivity contribution < 1.29 is 9.85 Å². The molecule has 0 aliphatic carbocycles. The highest BCUT2D eigenvalue weighted by atomic mass is 16.6. The van der Waals surface area contributed by atoms with Crippen molar-refractivity contribution in [1.29, 1.82) is 0 Å². The van der Waals surface area contributed by atoms with Gasteiger partial charge in [-0.05, 0) is 24.6 Å². The summed E-state index contributed by atoms with van der Waals surface area (Å²) in [5.41, 5.74) is 1.23. The first kappa shape index (κ1) is 19.3. The highest BCUT2D eigenvalue weighted by Crippen LogP contribution is 2.27. The summed E-state index contributed by atoms with van der Waals surface area (Å²) < 4.78 is 0. The van der Waals surface area contributed by atoms with Crippen molar-refractivity contribution in [3.63, 3.8) is 0 Å². The Hall–Kier alpha value is -3.99. The van der Waals surface area contributed by atoms with Crippen LogP contribution >= 0.6 is 0 Å². The van der Waals surface area contributed by atoms with E-state index in [2.05, 4.69) is 15.0 Å². The van der Waals surface area contributed by atoms with Gasteiger partial charge in [0.1, 0.15) is 5.69 Å². The molecule has 1 aliphatic heterocycles. The van der Waals surface area contributed by atoms with Gasteiger partial charge >= 0.3 is 0 Å². The van der Waals surface area contributed by atoms with E-state index in [9.17, 15) is 25.0 Å². The number of hydrogen-bond donors (Lipinski definition) is 1. The predicted octanol–water partition coefficient (Wildman–Crippen LogP) is 2.21. The molecule has 1 N–H and O–H groups in total. The van der Waals surface area contributed by atoms with Crippen LogP contribution in [-0.2, 0) is 19.5 Å². The topological polar surface area (TPSA) is 148 Å². The molecule has 0 saturated heterocycles. The van der Waals surface area contributed by atoms with Gasteiger partial charge in [0.25, 0.3) is 16.9 Å². The Bertz CT molecular complexity index is 1190. The first-order chi connectivity index (χ1) is 14.4. The Balaban J connectivity index is 1.62. The van der Waals surface area contributed by atoms with Gasteiger partial charge in [-0.2, -0.15) is 0 Å². The molecule has 2 aromatic heterocycles. The van der Waals surface area contributed by atoms with Crippen LogP contribution in [-0.4, -0.2) is 36.2 Å². The summed E-state index contributed by atoms with van der Waals surface area (Å²) in [5.74, 6) is 0.363. The number of nitrogens with zero attached hydrogens (tertiary/aromatic N) is 5. The van der Waals surface area contributed by atoms with E-state index in [4.69, 9.17) is 0 Å². The van der Waals surface area contributed by atoms with Crippen LogP contribution in [0.2, 0.25) is 0 Å². The van der Waals surface area contributed by atoms with Crippen molar-refractivity contribution in [2.24, 2.45) is 0 Å². The summed E-state index contributed by atoms with van der Waals surface area (Å²) in [6, 6.07) is 8.92. The predicted molar refractivity (Wildman–Crippen MR) is 106 cm³/mol. The van der Waals surface area contributed by atoms with Gasteiger partial charge in [0, 0.05) is 43.0 Å². The number of nitro benzene ring substituents is 2. The standard InChI is InChI=1S/C19H16N6O5/c26-19-14-6-8-23(10-12-4-5-13(24(27)28)9-17(12)25(29)30)11-16(14)21-18(22-19)15-3-1-2-7-20-15/h1-5,7,9H,6,8,10-11H2,(H,21,22,26). The zero-order valence-corrected chi connectivity index (χ0v) is 15.6. The average Bonchev–Trinajstić information content (AvgIpc) is 2.74. The quantitative estimate of drug-likeness (QED) is 0.499. The maximum atomic E-state index is 12.5. The van der Waals surface area contributed by atoms with Gasteiger partial charge in [0.05, 0.1) is 21.6 Å². The monoisotopic (exact) mass is 408 g/mol. The summed E-state index contributed by atoms with van der Waals surface area (Å²) >= 11 is 0. The van der Waals surface area contributed by atoms with Crippen LogP contribution in [0.5, 0.6) is 0 Å². The minimum Gasteiger partial charge on any atom is -0.305 e. The number of fused-ring (bicyclic) bond motifs is 1. The molecule has 30 heavy (non-hydrogen) atoms. The number of pyridine rings is 1. The van der Waals surface area contributed by atoms with Crippen LogP contribution in [0.25, 0.3) is 11.5 Å². The first-order valence-corrected chi connectivity index (χ1v) is 9.10. The lowest BCUT2D eigenvalue weighted by atomic mass is 10.0. The molecular weight excluding hydrogens is 392 g/mol. The number of hydrogen-bond acceptors (Lipinski definition) is 8. The molecule has 3 aromatic rings. The van der Waals surface area contributed by atoms with E-state index < -0.39 is 9.85 Å². The third-order valence-corrected chi connectivity index (χ3v) is 4.93. The van der Waals surface area contributed by atoms with Gasteiger partial charge in [0.15, 0.2) is 5.82 Å². The van der Waals surface area contributed by atoms with E-state index in [1.807, 2.05) is 4.90 Å². The first-order valence-electron chi connectivity index (χ1n) is 9.10. The minimum absolute atomic E-state index is 0.209. The normalized spacial score (nSPS) is 13.6. The fraction of sp³-hybridized carbons (Fsp3) is 0.211. The molecular formula is C19H16N6O5. The fourth-order valence-corrected chi connectivity index (χ4v) is 3.46. The Kier molecular flexibility index (Phi) is 5.02. The molecule has 3 heterocycles. The molecule has 1 aromatic carbocycles. The van der Waals surface area contributed by atoms with E-state index >= 15 is 0 Å². The van der Waals surface area contributed by atoms with E-state index in [-0.39, 0.29) is 23.5 Å². The van der Waals surface area contributed by atoms with Gasteiger partial charge in [-0.25, -0.2) is 4.98 Å². The van der Waals surface area contributed by atoms with Crippen LogP contribution in [0.3, 0.4) is 0 Å². The number of nitrogens with one attached hydrogen (secondary N) is 1. The van der Waals surface area contributed by atoms with Gasteiger partial charge in [-0.3, -0.25) is 34.9 Å². The van der Waals surface area contributed by atoms with Crippen LogP contribution in [0.15, 0.2) is 47.4 Å². The lowest BCUT2D eigenvalue weighted by Gasteiger charge is -2.27. The molecule has 0 saturated carbocycles. The van der Waals surface area contributed by atoms with Crippen molar-refractivity contribution >= 4 is 11.4 Å². The fourth-order valence-electron chi connectivity index (χ4n) is 3.46. The van der Waals surface area contributed by atoms with E-state index in [0.717, 1.165) is 6.07 Å². The Morgan fingerprint density at radius 2 is 1.97 bits per heavy atom. The zero-order chi connectivity index (χ0) is 21.3. The largest absolute Gasteiger partial charge is 0.305 e. The minimum atomic E-state index is -0.663. The van der Waals surface area contributed by atoms with Gasteiger partial charge in [-0.1, -0.05) is 6.07 Å². The highest BCUT2D eigenvalue weighted by Gasteiger charge is 2.25. The Morgan fingerprint density at radius 3 is 2.67 bits per heavy atom. The molecule has 0 spiro atoms. The van der Waals surface area contributed by atoms with Crippen molar-refractivity contribution in [2.75, 3.05) is 6.54 Å². The van der Waals surface area contributed by atoms with Crippen molar-refractivity contribution in [3.05, 3.63) is 90.0 Å². The van der Waals surface area contributed by atoms with Crippen molar-refractivity contribution in [3.8, 4) is 11.5 Å². The van der Waals surface area contributed by atoms with Crippen LogP contribution in [0.1, 0.15) is 16.8 Å². The lowest BCUT2D eigenvalue weighted by molar-refractivity contribution is -0.394. The molecule has 11 heteroatoms. The zero-order valence-electron chi connectivity index (χ0n) is 15.6. The molecule has 0 fully saturated rings. The average molecular weight is 408 g/mol. The number of rotatable bonds is 5. The van der Waals surface area contributed by atoms with E-state index in [1.165, 1.54) is 12.1 Å². The van der Waals surface area contributed by atoms with Gasteiger partial charge < -0.3 is 4.98 Å². The molecule has 0 radical (unpaired) electrons. The number of aromatic nitrogens is 3. The Labute approximate surface area is 169 Å². The molecule has 0 bridgehead atoms. The molecule has 0 atom stereocenters. The summed E-state index contributed by atoms with van der Waals surface area (Å²) in [6.07, 6.45) is 2.05. The second-order valence-electron chi connectivity index (χ2n) is 6.84. The summed E-state index contributed by atoms with van der Waals surface area (Å²) in [5, 5.41) is 22.3. The van der Waals surface area contributed by atoms with Crippen molar-refractivity contribution in [1.82, 2.24) is 19.9 Å². The molecule has 0 unspecified atom stereocenters. The highest BCUT2D eigenvalue weighted by molar-refractivity contribution is 5.50. The number of nitro groups is 2. The van der Waals surface area contributed by atoms with Gasteiger partial charge in [0.2, 0.25) is 0 Å². The van der Waals surface area contributed by atoms with Crippen LogP contribution in [0, 0.1) is 20.2 Å². The maximum Gasteiger partial charge on any atom is 0.280 e. The van der Waals surface area contributed by atoms with E-state index in [0.29, 0.717) is 47.8 Å². The van der Waals surface area contributed by atoms with Crippen LogP contribution in [0.4, 0.5) is 11.4 Å². The summed E-state index contributed by atoms with van der Waals surface area (Å²) in [6.45, 7) is 1.04. The van der Waals surface area contributed by atoms with E-state index in [1.54, 1.807) is 24.4 Å². The second-order valence-corrected chi connectivity index (χ2v) is 6.84. The number of non-ortho nitro benzene ring substituents is 1. The molecule has 1 aliphatic rings. The van der Waals surface area contributed by atoms with Crippen LogP contribution < -0.4 is 5.56 Å². The maximum absolute atomic E-state index is 12.5. The third kappa shape index (κ3) is 3.78. The SMILES string of the molecule is O=c1[nH]c(-c2ccccn2)nc2c1CCN(Cc1ccc([N+](=O)[O-])cc1[N+](=O)[O-])C2. The third-order valence-electron chi connectivity index (χ3n) is 4.93. The number of H-pyrrole nitrogens is 1. The Morgan fingerprint density at radius 1 is 1.13 bits per heavy atom. The smallest absolute Gasteiger partial charge is 0.280 e. The number of benzene rings is 1. The lowest BCUT2D eigenvalue weighted by Crippen LogP contribution is -2.35. The van der Waals surface area contributed by atoms with Gasteiger partial charge in [-0.15, -0.1) is 0 Å². The summed E-state index contributed by atoms with van der Waals surface area (Å²) in [7, 11) is 0. The van der Waals surface area contributed by atoms with Crippen molar-refractivity contribution in [2.45, 2.75) is 19.5 Å². The second kappa shape index (κ2) is 7.79. The molecule has 11 nitrogen and oxygen atoms in total.